The lowest BCUT2D eigenvalue weighted by Crippen LogP contribution is -2.48. The van der Waals surface area contributed by atoms with E-state index in [-0.39, 0.29) is 11.9 Å². The van der Waals surface area contributed by atoms with Crippen LogP contribution in [0.5, 0.6) is 0 Å². The van der Waals surface area contributed by atoms with Gasteiger partial charge in [0.2, 0.25) is 0 Å². The van der Waals surface area contributed by atoms with Crippen molar-refractivity contribution in [1.29, 1.82) is 0 Å². The standard InChI is InChI=1S/C19H21NO2/c1-12(2)20-18(21)15-7-5-6-8-17(15)19(20,22)16-10-9-13(3)11-14(16)4/h5-12,22H,1-4H3. The Balaban J connectivity index is 2.31. The highest BCUT2D eigenvalue weighted by Gasteiger charge is 2.51. The van der Waals surface area contributed by atoms with E-state index in [1.165, 1.54) is 0 Å². The zero-order valence-electron chi connectivity index (χ0n) is 13.4. The summed E-state index contributed by atoms with van der Waals surface area (Å²) < 4.78 is 0. The molecular weight excluding hydrogens is 274 g/mol. The Morgan fingerprint density at radius 2 is 1.73 bits per heavy atom. The van der Waals surface area contributed by atoms with Crippen LogP contribution in [0.1, 0.15) is 46.5 Å². The second kappa shape index (κ2) is 4.96. The van der Waals surface area contributed by atoms with E-state index < -0.39 is 5.72 Å². The third-order valence-corrected chi connectivity index (χ3v) is 4.37. The topological polar surface area (TPSA) is 40.5 Å². The summed E-state index contributed by atoms with van der Waals surface area (Å²) in [5.41, 5.74) is 2.74. The number of aliphatic hydroxyl groups is 1. The van der Waals surface area contributed by atoms with Crippen LogP contribution >= 0.6 is 0 Å². The monoisotopic (exact) mass is 295 g/mol. The van der Waals surface area contributed by atoms with Crippen LogP contribution in [0.25, 0.3) is 0 Å². The van der Waals surface area contributed by atoms with Crippen LogP contribution < -0.4 is 0 Å². The molecule has 0 radical (unpaired) electrons. The van der Waals surface area contributed by atoms with Crippen molar-refractivity contribution in [1.82, 2.24) is 4.90 Å². The van der Waals surface area contributed by atoms with Crippen LogP contribution in [0.4, 0.5) is 0 Å². The van der Waals surface area contributed by atoms with E-state index in [0.29, 0.717) is 11.1 Å². The molecule has 114 valence electrons. The predicted molar refractivity (Wildman–Crippen MR) is 86.7 cm³/mol. The summed E-state index contributed by atoms with van der Waals surface area (Å²) in [4.78, 5) is 14.4. The van der Waals surface area contributed by atoms with Gasteiger partial charge in [-0.15, -0.1) is 0 Å². The zero-order valence-corrected chi connectivity index (χ0v) is 13.4. The molecule has 0 spiro atoms. The molecule has 1 aliphatic heterocycles. The summed E-state index contributed by atoms with van der Waals surface area (Å²) in [5.74, 6) is -0.118. The maximum Gasteiger partial charge on any atom is 0.257 e. The van der Waals surface area contributed by atoms with E-state index in [0.717, 1.165) is 16.7 Å². The van der Waals surface area contributed by atoms with Gasteiger partial charge < -0.3 is 5.11 Å². The van der Waals surface area contributed by atoms with Gasteiger partial charge in [0.1, 0.15) is 0 Å². The van der Waals surface area contributed by atoms with E-state index in [4.69, 9.17) is 0 Å². The lowest BCUT2D eigenvalue weighted by Gasteiger charge is -2.38. The summed E-state index contributed by atoms with van der Waals surface area (Å²) in [5, 5.41) is 11.6. The van der Waals surface area contributed by atoms with Crippen molar-refractivity contribution in [2.75, 3.05) is 0 Å². The molecule has 0 aliphatic carbocycles. The summed E-state index contributed by atoms with van der Waals surface area (Å²) in [6.07, 6.45) is 0. The molecule has 2 aromatic carbocycles. The van der Waals surface area contributed by atoms with E-state index in [1.807, 2.05) is 64.1 Å². The van der Waals surface area contributed by atoms with Gasteiger partial charge >= 0.3 is 0 Å². The second-order valence-corrected chi connectivity index (χ2v) is 6.31. The minimum absolute atomic E-state index is 0.106. The Hall–Kier alpha value is -2.13. The summed E-state index contributed by atoms with van der Waals surface area (Å²) >= 11 is 0. The van der Waals surface area contributed by atoms with E-state index in [9.17, 15) is 9.90 Å². The van der Waals surface area contributed by atoms with Crippen LogP contribution in [0, 0.1) is 13.8 Å². The number of benzene rings is 2. The molecule has 1 unspecified atom stereocenters. The molecule has 2 aromatic rings. The number of aryl methyl sites for hydroxylation is 2. The molecular formula is C19H21NO2. The highest BCUT2D eigenvalue weighted by atomic mass is 16.3. The number of hydrogen-bond donors (Lipinski definition) is 1. The van der Waals surface area contributed by atoms with Gasteiger partial charge in [-0.3, -0.25) is 9.69 Å². The van der Waals surface area contributed by atoms with Crippen molar-refractivity contribution in [3.8, 4) is 0 Å². The quantitative estimate of drug-likeness (QED) is 0.923. The predicted octanol–water partition coefficient (Wildman–Crippen LogP) is 3.36. The lowest BCUT2D eigenvalue weighted by atomic mass is 9.89. The fourth-order valence-corrected chi connectivity index (χ4v) is 3.47. The average molecular weight is 295 g/mol. The van der Waals surface area contributed by atoms with Gasteiger partial charge in [-0.2, -0.15) is 0 Å². The van der Waals surface area contributed by atoms with Gasteiger partial charge in [-0.05, 0) is 39.3 Å². The maximum atomic E-state index is 12.8. The number of carbonyl (C=O) groups is 1. The fraction of sp³-hybridized carbons (Fsp3) is 0.316. The normalized spacial score (nSPS) is 20.6. The first-order valence-electron chi connectivity index (χ1n) is 7.60. The van der Waals surface area contributed by atoms with Gasteiger partial charge in [0.25, 0.3) is 5.91 Å². The van der Waals surface area contributed by atoms with Crippen LogP contribution in [-0.2, 0) is 5.72 Å². The molecule has 1 amide bonds. The minimum Gasteiger partial charge on any atom is -0.363 e. The van der Waals surface area contributed by atoms with Crippen molar-refractivity contribution in [3.63, 3.8) is 0 Å². The number of carbonyl (C=O) groups excluding carboxylic acids is 1. The molecule has 1 atom stereocenters. The highest BCUT2D eigenvalue weighted by Crippen LogP contribution is 2.44. The summed E-state index contributed by atoms with van der Waals surface area (Å²) in [7, 11) is 0. The third-order valence-electron chi connectivity index (χ3n) is 4.37. The molecule has 0 bridgehead atoms. The molecule has 1 aliphatic rings. The number of fused-ring (bicyclic) bond motifs is 1. The number of hydrogen-bond acceptors (Lipinski definition) is 2. The smallest absolute Gasteiger partial charge is 0.257 e. The maximum absolute atomic E-state index is 12.8. The first kappa shape index (κ1) is 14.8. The largest absolute Gasteiger partial charge is 0.363 e. The van der Waals surface area contributed by atoms with E-state index in [1.54, 1.807) is 11.0 Å². The van der Waals surface area contributed by atoms with Gasteiger partial charge in [0, 0.05) is 22.7 Å². The van der Waals surface area contributed by atoms with Gasteiger partial charge in [-0.1, -0.05) is 42.0 Å². The lowest BCUT2D eigenvalue weighted by molar-refractivity contribution is -0.0641. The Morgan fingerprint density at radius 3 is 2.36 bits per heavy atom. The van der Waals surface area contributed by atoms with Crippen molar-refractivity contribution >= 4 is 5.91 Å². The van der Waals surface area contributed by atoms with Gasteiger partial charge in [0.15, 0.2) is 5.72 Å². The molecule has 0 saturated heterocycles. The van der Waals surface area contributed by atoms with Crippen molar-refractivity contribution < 1.29 is 9.90 Å². The Bertz CT molecular complexity index is 751. The van der Waals surface area contributed by atoms with E-state index in [2.05, 4.69) is 0 Å². The molecule has 0 saturated carbocycles. The molecule has 3 heteroatoms. The first-order chi connectivity index (χ1) is 10.4. The van der Waals surface area contributed by atoms with Gasteiger partial charge in [-0.25, -0.2) is 0 Å². The fourth-order valence-electron chi connectivity index (χ4n) is 3.47. The third kappa shape index (κ3) is 1.89. The van der Waals surface area contributed by atoms with E-state index >= 15 is 0 Å². The molecule has 3 rings (SSSR count). The molecule has 0 fully saturated rings. The molecule has 0 aromatic heterocycles. The number of nitrogens with zero attached hydrogens (tertiary/aromatic N) is 1. The van der Waals surface area contributed by atoms with Gasteiger partial charge in [0.05, 0.1) is 0 Å². The van der Waals surface area contributed by atoms with Crippen molar-refractivity contribution in [2.45, 2.75) is 39.5 Å². The minimum atomic E-state index is -1.40. The van der Waals surface area contributed by atoms with Crippen molar-refractivity contribution in [2.24, 2.45) is 0 Å². The average Bonchev–Trinajstić information content (AvgIpc) is 2.68. The summed E-state index contributed by atoms with van der Waals surface area (Å²) in [6, 6.07) is 13.2. The first-order valence-corrected chi connectivity index (χ1v) is 7.60. The highest BCUT2D eigenvalue weighted by molar-refractivity contribution is 6.00. The molecule has 1 heterocycles. The van der Waals surface area contributed by atoms with Crippen molar-refractivity contribution in [3.05, 3.63) is 70.3 Å². The van der Waals surface area contributed by atoms with Crippen LogP contribution in [0.3, 0.4) is 0 Å². The van der Waals surface area contributed by atoms with Crippen LogP contribution in [-0.4, -0.2) is 22.0 Å². The second-order valence-electron chi connectivity index (χ2n) is 6.31. The Labute approximate surface area is 131 Å². The Morgan fingerprint density at radius 1 is 1.05 bits per heavy atom. The SMILES string of the molecule is Cc1ccc(C2(O)c3ccccc3C(=O)N2C(C)C)c(C)c1. The summed E-state index contributed by atoms with van der Waals surface area (Å²) in [6.45, 7) is 7.86. The molecule has 22 heavy (non-hydrogen) atoms. The number of rotatable bonds is 2. The number of amides is 1. The van der Waals surface area contributed by atoms with Crippen LogP contribution in [0.15, 0.2) is 42.5 Å². The Kier molecular flexibility index (Phi) is 3.33. The molecule has 1 N–H and O–H groups in total. The molecule has 3 nitrogen and oxygen atoms in total. The zero-order chi connectivity index (χ0) is 16.1. The van der Waals surface area contributed by atoms with Crippen LogP contribution in [0.2, 0.25) is 0 Å².